The van der Waals surface area contributed by atoms with Gasteiger partial charge in [-0.1, -0.05) is 11.6 Å². The molecule has 2 amide bonds. The zero-order valence-corrected chi connectivity index (χ0v) is 24.1. The number of aliphatic hydroxyl groups is 1. The highest BCUT2D eigenvalue weighted by atomic mass is 35.5. The Morgan fingerprint density at radius 1 is 1.13 bits per heavy atom. The van der Waals surface area contributed by atoms with Crippen molar-refractivity contribution in [3.8, 4) is 11.3 Å². The SMILES string of the molecule is O=C(c1ccc(Nc2nccn3c(-c4c[nH]nc4C(F)(F)F)cnc23)cc1Cl)N1CCN(C(=O)[C@H]2C[C@H](O)CN2)CC1.O=CO. The van der Waals surface area contributed by atoms with Gasteiger partial charge >= 0.3 is 6.18 Å². The van der Waals surface area contributed by atoms with Gasteiger partial charge in [-0.2, -0.15) is 18.3 Å². The summed E-state index contributed by atoms with van der Waals surface area (Å²) in [7, 11) is 0. The van der Waals surface area contributed by atoms with Gasteiger partial charge < -0.3 is 30.6 Å². The minimum Gasteiger partial charge on any atom is -0.483 e. The van der Waals surface area contributed by atoms with Gasteiger partial charge in [-0.15, -0.1) is 0 Å². The van der Waals surface area contributed by atoms with Crippen molar-refractivity contribution in [3.63, 3.8) is 0 Å². The number of hydrogen-bond donors (Lipinski definition) is 5. The van der Waals surface area contributed by atoms with Gasteiger partial charge in [0.15, 0.2) is 17.2 Å². The van der Waals surface area contributed by atoms with E-state index in [9.17, 15) is 27.9 Å². The molecule has 0 aliphatic carbocycles. The number of carbonyl (C=O) groups excluding carboxylic acids is 2. The standard InChI is InChI=1S/C26H25ClF3N9O3.CH2O2/c27-18-9-14(1-2-16(18)24(41)37-5-7-38(8-6-37)25(42)19-10-15(40)11-32-19)35-22-23-33-13-20(39(23)4-3-31-22)17-12-34-36-21(17)26(28,29)30;2-1-3/h1-4,9,12-13,15,19,32,40H,5-8,10-11H2,(H,31,35)(H,34,36);1H,(H,2,3)/t15-,19+;/m0./s1. The third kappa shape index (κ3) is 6.69. The fraction of sp³-hybridized carbons (Fsp3) is 0.333. The number of anilines is 2. The van der Waals surface area contributed by atoms with Crippen molar-refractivity contribution in [2.45, 2.75) is 24.7 Å². The Morgan fingerprint density at radius 2 is 1.84 bits per heavy atom. The Kier molecular flexibility index (Phi) is 9.21. The summed E-state index contributed by atoms with van der Waals surface area (Å²) in [5.74, 6) is -0.0846. The summed E-state index contributed by atoms with van der Waals surface area (Å²) in [6.45, 7) is 1.58. The number of rotatable bonds is 5. The molecule has 5 heterocycles. The van der Waals surface area contributed by atoms with Crippen LogP contribution in [0.1, 0.15) is 22.5 Å². The summed E-state index contributed by atoms with van der Waals surface area (Å²) >= 11 is 6.50. The first kappa shape index (κ1) is 31.7. The monoisotopic (exact) mass is 649 g/mol. The van der Waals surface area contributed by atoms with E-state index in [4.69, 9.17) is 21.5 Å². The van der Waals surface area contributed by atoms with Crippen molar-refractivity contribution < 1.29 is 37.8 Å². The van der Waals surface area contributed by atoms with Crippen LogP contribution in [-0.2, 0) is 15.8 Å². The number of piperazine rings is 1. The van der Waals surface area contributed by atoms with E-state index in [0.29, 0.717) is 44.8 Å². The molecule has 2 atom stereocenters. The highest BCUT2D eigenvalue weighted by Gasteiger charge is 2.38. The van der Waals surface area contributed by atoms with E-state index >= 15 is 0 Å². The number of carboxylic acid groups (broad SMARTS) is 1. The largest absolute Gasteiger partial charge is 0.483 e. The Balaban J connectivity index is 0.00000128. The molecule has 238 valence electrons. The molecule has 0 unspecified atom stereocenters. The Morgan fingerprint density at radius 3 is 2.49 bits per heavy atom. The van der Waals surface area contributed by atoms with Gasteiger partial charge in [0.2, 0.25) is 5.91 Å². The minimum absolute atomic E-state index is 0.0779. The van der Waals surface area contributed by atoms with E-state index in [-0.39, 0.29) is 51.6 Å². The molecule has 0 radical (unpaired) electrons. The highest BCUT2D eigenvalue weighted by Crippen LogP contribution is 2.36. The number of fused-ring (bicyclic) bond motifs is 1. The van der Waals surface area contributed by atoms with E-state index in [0.717, 1.165) is 6.20 Å². The molecule has 4 aromatic rings. The Labute approximate surface area is 257 Å². The molecule has 1 aromatic carbocycles. The van der Waals surface area contributed by atoms with Crippen molar-refractivity contribution >= 4 is 47.0 Å². The third-order valence-corrected chi connectivity index (χ3v) is 7.67. The van der Waals surface area contributed by atoms with Crippen LogP contribution in [0.4, 0.5) is 24.7 Å². The van der Waals surface area contributed by atoms with Crippen LogP contribution in [0.15, 0.2) is 43.0 Å². The van der Waals surface area contributed by atoms with Crippen LogP contribution < -0.4 is 10.6 Å². The second kappa shape index (κ2) is 13.1. The van der Waals surface area contributed by atoms with Crippen molar-refractivity contribution in [2.24, 2.45) is 0 Å². The molecule has 2 fully saturated rings. The zero-order valence-electron chi connectivity index (χ0n) is 23.3. The maximum absolute atomic E-state index is 13.4. The van der Waals surface area contributed by atoms with Gasteiger partial charge in [-0.25, -0.2) is 9.97 Å². The number of alkyl halides is 3. The molecule has 3 aromatic heterocycles. The Hall–Kier alpha value is -4.74. The van der Waals surface area contributed by atoms with Crippen molar-refractivity contribution in [2.75, 3.05) is 38.0 Å². The zero-order chi connectivity index (χ0) is 32.3. The van der Waals surface area contributed by atoms with Crippen LogP contribution in [0, 0.1) is 0 Å². The number of carbonyl (C=O) groups is 3. The summed E-state index contributed by atoms with van der Waals surface area (Å²) in [6.07, 6.45) is 0.572. The highest BCUT2D eigenvalue weighted by molar-refractivity contribution is 6.34. The smallest absolute Gasteiger partial charge is 0.435 e. The number of β-amino-alcohol motifs (C(OH)–C–C–N with tert-alkyl or cyclic N) is 1. The molecule has 0 spiro atoms. The molecule has 2 aliphatic heterocycles. The molecule has 0 saturated carbocycles. The topological polar surface area (TPSA) is 181 Å². The number of hydrogen-bond acceptors (Lipinski definition) is 9. The summed E-state index contributed by atoms with van der Waals surface area (Å²) in [5.41, 5.74) is 0.0138. The molecular weight excluding hydrogens is 623 g/mol. The fourth-order valence-electron chi connectivity index (χ4n) is 5.24. The summed E-state index contributed by atoms with van der Waals surface area (Å²) in [4.78, 5) is 46.1. The van der Waals surface area contributed by atoms with E-state index in [1.165, 1.54) is 23.0 Å². The number of aromatic nitrogens is 5. The van der Waals surface area contributed by atoms with Crippen LogP contribution in [0.3, 0.4) is 0 Å². The van der Waals surface area contributed by atoms with E-state index in [1.54, 1.807) is 28.0 Å². The first-order valence-electron chi connectivity index (χ1n) is 13.6. The summed E-state index contributed by atoms with van der Waals surface area (Å²) < 4.78 is 41.7. The average Bonchev–Trinajstić information content (AvgIpc) is 3.77. The number of aromatic amines is 1. The molecular formula is C27H27ClF3N9O5. The van der Waals surface area contributed by atoms with Gasteiger partial charge in [0, 0.05) is 57.0 Å². The number of halogens is 4. The maximum Gasteiger partial charge on any atom is 0.435 e. The van der Waals surface area contributed by atoms with Gasteiger partial charge in [0.25, 0.3) is 12.4 Å². The molecule has 45 heavy (non-hydrogen) atoms. The average molecular weight is 650 g/mol. The third-order valence-electron chi connectivity index (χ3n) is 7.36. The molecule has 0 bridgehead atoms. The van der Waals surface area contributed by atoms with Crippen molar-refractivity contribution in [3.05, 3.63) is 59.3 Å². The van der Waals surface area contributed by atoms with Crippen LogP contribution in [0.2, 0.25) is 5.02 Å². The van der Waals surface area contributed by atoms with Crippen LogP contribution in [0.5, 0.6) is 0 Å². The van der Waals surface area contributed by atoms with Crippen molar-refractivity contribution in [1.82, 2.24) is 39.7 Å². The number of nitrogens with one attached hydrogen (secondary N) is 3. The second-order valence-corrected chi connectivity index (χ2v) is 10.6. The van der Waals surface area contributed by atoms with Gasteiger partial charge in [-0.3, -0.25) is 23.9 Å². The van der Waals surface area contributed by atoms with Crippen LogP contribution in [-0.4, -0.2) is 108 Å². The normalized spacial score (nSPS) is 18.4. The van der Waals surface area contributed by atoms with E-state index < -0.39 is 24.0 Å². The molecule has 14 nitrogen and oxygen atoms in total. The minimum atomic E-state index is -4.65. The van der Waals surface area contributed by atoms with Gasteiger partial charge in [0.1, 0.15) is 0 Å². The lowest BCUT2D eigenvalue weighted by atomic mass is 10.1. The quantitative estimate of drug-likeness (QED) is 0.201. The first-order chi connectivity index (χ1) is 21.5. The predicted octanol–water partition coefficient (Wildman–Crippen LogP) is 2.24. The number of amides is 2. The lowest BCUT2D eigenvalue weighted by Crippen LogP contribution is -2.54. The van der Waals surface area contributed by atoms with Gasteiger partial charge in [0.05, 0.1) is 40.2 Å². The van der Waals surface area contributed by atoms with Crippen molar-refractivity contribution in [1.29, 1.82) is 0 Å². The first-order valence-corrected chi connectivity index (χ1v) is 14.0. The molecule has 6 rings (SSSR count). The Bertz CT molecular complexity index is 1700. The molecule has 2 saturated heterocycles. The number of H-pyrrole nitrogens is 1. The molecule has 5 N–H and O–H groups in total. The van der Waals surface area contributed by atoms with Crippen LogP contribution >= 0.6 is 11.6 Å². The van der Waals surface area contributed by atoms with E-state index in [1.807, 2.05) is 0 Å². The summed E-state index contributed by atoms with van der Waals surface area (Å²) in [6, 6.07) is 4.36. The maximum atomic E-state index is 13.4. The van der Waals surface area contributed by atoms with Gasteiger partial charge in [-0.05, 0) is 24.6 Å². The number of aliphatic hydroxyl groups excluding tert-OH is 1. The lowest BCUT2D eigenvalue weighted by Gasteiger charge is -2.36. The lowest BCUT2D eigenvalue weighted by molar-refractivity contribution is -0.140. The number of nitrogens with zero attached hydrogens (tertiary/aromatic N) is 6. The number of imidazole rings is 1. The molecule has 18 heteroatoms. The second-order valence-electron chi connectivity index (χ2n) is 10.2. The summed E-state index contributed by atoms with van der Waals surface area (Å²) in [5, 5.41) is 28.5. The van der Waals surface area contributed by atoms with E-state index in [2.05, 4.69) is 30.8 Å². The number of benzene rings is 1. The molecule has 2 aliphatic rings. The van der Waals surface area contributed by atoms with Crippen LogP contribution in [0.25, 0.3) is 16.9 Å². The fourth-order valence-corrected chi connectivity index (χ4v) is 5.50. The predicted molar refractivity (Wildman–Crippen MR) is 154 cm³/mol.